The van der Waals surface area contributed by atoms with Crippen molar-refractivity contribution in [1.29, 1.82) is 0 Å². The second kappa shape index (κ2) is 9.71. The molecule has 6 rings (SSSR count). The lowest BCUT2D eigenvalue weighted by Gasteiger charge is -2.11. The molecule has 0 aliphatic heterocycles. The summed E-state index contributed by atoms with van der Waals surface area (Å²) in [6, 6.07) is 17.7. The molecule has 3 aromatic carbocycles. The number of nitrogens with zero attached hydrogens (tertiary/aromatic N) is 1. The molecule has 0 saturated heterocycles. The largest absolute Gasteiger partial charge is 0.489 e. The first-order valence-corrected chi connectivity index (χ1v) is 13.1. The van der Waals surface area contributed by atoms with Gasteiger partial charge in [0, 0.05) is 16.5 Å². The molecule has 2 aliphatic rings. The summed E-state index contributed by atoms with van der Waals surface area (Å²) in [5, 5.41) is 14.8. The lowest BCUT2D eigenvalue weighted by Crippen LogP contribution is -2.00. The molecule has 0 bridgehead atoms. The van der Waals surface area contributed by atoms with E-state index in [0.717, 1.165) is 30.4 Å². The number of carbonyl (C=O) groups is 1. The molecule has 1 aromatic heterocycles. The summed E-state index contributed by atoms with van der Waals surface area (Å²) in [5.74, 6) is 0.882. The maximum absolute atomic E-state index is 11.1. The fourth-order valence-corrected chi connectivity index (χ4v) is 5.64. The van der Waals surface area contributed by atoms with Crippen LogP contribution in [-0.2, 0) is 6.58 Å². The standard InChI is InChI=1S/C29H22Cl3NO4/c30-23-2-1-3-24(31)26(23)27-22(28(37-33-27)16-6-7-16)14-36-18-10-11-19(25(32)12-18)21-13-20(21)15-4-8-17(9-5-15)29(34)35/h1-5,8-12,16,20-21H,6-7,13-14H2,(H,34,35)/t20-,21-/m1/s1/i14D/t14?,20-,21-. The third kappa shape index (κ3) is 4.84. The molecule has 2 fully saturated rings. The zero-order valence-electron chi connectivity index (χ0n) is 20.5. The van der Waals surface area contributed by atoms with Crippen molar-refractivity contribution in [2.24, 2.45) is 0 Å². The van der Waals surface area contributed by atoms with Crippen LogP contribution in [0.2, 0.25) is 15.1 Å². The summed E-state index contributed by atoms with van der Waals surface area (Å²) < 4.78 is 20.6. The van der Waals surface area contributed by atoms with Crippen LogP contribution in [0, 0.1) is 0 Å². The van der Waals surface area contributed by atoms with E-state index in [0.29, 0.717) is 43.4 Å². The van der Waals surface area contributed by atoms with Gasteiger partial charge in [0.2, 0.25) is 0 Å². The molecule has 37 heavy (non-hydrogen) atoms. The Morgan fingerprint density at radius 1 is 1.03 bits per heavy atom. The van der Waals surface area contributed by atoms with Crippen LogP contribution in [0.5, 0.6) is 5.75 Å². The summed E-state index contributed by atoms with van der Waals surface area (Å²) in [7, 11) is 0. The zero-order chi connectivity index (χ0) is 26.6. The smallest absolute Gasteiger partial charge is 0.335 e. The Morgan fingerprint density at radius 2 is 1.76 bits per heavy atom. The highest BCUT2D eigenvalue weighted by atomic mass is 35.5. The third-order valence-electron chi connectivity index (χ3n) is 6.96. The first-order valence-electron chi connectivity index (χ1n) is 12.5. The quantitative estimate of drug-likeness (QED) is 0.235. The molecule has 0 amide bonds. The number of aromatic carboxylic acids is 1. The van der Waals surface area contributed by atoms with E-state index in [9.17, 15) is 4.79 Å². The maximum atomic E-state index is 11.1. The maximum Gasteiger partial charge on any atom is 0.335 e. The molecule has 188 valence electrons. The number of ether oxygens (including phenoxy) is 1. The fourth-order valence-electron chi connectivity index (χ4n) is 4.76. The van der Waals surface area contributed by atoms with Gasteiger partial charge in [-0.1, -0.05) is 64.2 Å². The minimum absolute atomic E-state index is 0.200. The van der Waals surface area contributed by atoms with Gasteiger partial charge >= 0.3 is 5.97 Å². The van der Waals surface area contributed by atoms with Gasteiger partial charge in [0.05, 0.1) is 22.5 Å². The van der Waals surface area contributed by atoms with Crippen molar-refractivity contribution in [3.63, 3.8) is 0 Å². The van der Waals surface area contributed by atoms with Crippen molar-refractivity contribution in [3.05, 3.63) is 104 Å². The number of hydrogen-bond acceptors (Lipinski definition) is 4. The summed E-state index contributed by atoms with van der Waals surface area (Å²) in [6.07, 6.45) is 2.86. The van der Waals surface area contributed by atoms with E-state index in [1.54, 1.807) is 36.4 Å². The van der Waals surface area contributed by atoms with Gasteiger partial charge in [-0.3, -0.25) is 0 Å². The van der Waals surface area contributed by atoms with E-state index in [4.69, 9.17) is 50.5 Å². The number of benzene rings is 3. The van der Waals surface area contributed by atoms with Crippen LogP contribution in [0.4, 0.5) is 0 Å². The van der Waals surface area contributed by atoms with Crippen molar-refractivity contribution >= 4 is 40.8 Å². The Morgan fingerprint density at radius 3 is 2.41 bits per heavy atom. The first kappa shape index (κ1) is 23.2. The van der Waals surface area contributed by atoms with Gasteiger partial charge in [0.25, 0.3) is 0 Å². The molecular weight excluding hydrogens is 533 g/mol. The number of carboxylic acids is 1. The number of aromatic nitrogens is 1. The van der Waals surface area contributed by atoms with Crippen LogP contribution in [-0.4, -0.2) is 16.2 Å². The predicted octanol–water partition coefficient (Wildman–Crippen LogP) is 8.73. The molecule has 2 aliphatic carbocycles. The number of halogens is 3. The monoisotopic (exact) mass is 554 g/mol. The van der Waals surface area contributed by atoms with Crippen LogP contribution in [0.3, 0.4) is 0 Å². The zero-order valence-corrected chi connectivity index (χ0v) is 21.7. The lowest BCUT2D eigenvalue weighted by atomic mass is 10.0. The summed E-state index contributed by atoms with van der Waals surface area (Å²) in [6.45, 7) is -1.12. The highest BCUT2D eigenvalue weighted by Crippen LogP contribution is 2.56. The van der Waals surface area contributed by atoms with Crippen molar-refractivity contribution in [2.45, 2.75) is 43.6 Å². The second-order valence-electron chi connectivity index (χ2n) is 9.47. The molecule has 3 atom stereocenters. The number of hydrogen-bond donors (Lipinski definition) is 1. The van der Waals surface area contributed by atoms with Gasteiger partial charge < -0.3 is 14.4 Å². The minimum atomic E-state index is -1.12. The highest BCUT2D eigenvalue weighted by molar-refractivity contribution is 6.39. The van der Waals surface area contributed by atoms with Gasteiger partial charge in [0.15, 0.2) is 0 Å². The van der Waals surface area contributed by atoms with E-state index in [-0.39, 0.29) is 23.3 Å². The Labute approximate surface area is 230 Å². The second-order valence-corrected chi connectivity index (χ2v) is 10.7. The molecule has 1 heterocycles. The normalized spacial score (nSPS) is 19.8. The van der Waals surface area contributed by atoms with Crippen molar-refractivity contribution in [3.8, 4) is 17.0 Å². The van der Waals surface area contributed by atoms with E-state index in [1.807, 2.05) is 24.3 Å². The number of rotatable bonds is 8. The van der Waals surface area contributed by atoms with Gasteiger partial charge in [-0.25, -0.2) is 4.79 Å². The van der Waals surface area contributed by atoms with Crippen LogP contribution in [0.15, 0.2) is 65.2 Å². The Balaban J connectivity index is 1.23. The van der Waals surface area contributed by atoms with Crippen LogP contribution >= 0.6 is 34.8 Å². The lowest BCUT2D eigenvalue weighted by molar-refractivity contribution is 0.0697. The van der Waals surface area contributed by atoms with Gasteiger partial charge in [0.1, 0.15) is 23.8 Å². The predicted molar refractivity (Wildman–Crippen MR) is 143 cm³/mol. The van der Waals surface area contributed by atoms with Crippen molar-refractivity contribution < 1.29 is 20.5 Å². The molecule has 2 saturated carbocycles. The summed E-state index contributed by atoms with van der Waals surface area (Å²) >= 11 is 19.6. The topological polar surface area (TPSA) is 72.6 Å². The fraction of sp³-hybridized carbons (Fsp3) is 0.241. The summed E-state index contributed by atoms with van der Waals surface area (Å²) in [5.41, 5.74) is 3.82. The number of carboxylic acid groups (broad SMARTS) is 1. The molecule has 1 unspecified atom stereocenters. The van der Waals surface area contributed by atoms with Crippen LogP contribution in [0.25, 0.3) is 11.3 Å². The van der Waals surface area contributed by atoms with Gasteiger partial charge in [-0.2, -0.15) is 0 Å². The Hall–Kier alpha value is -2.99. The molecule has 8 heteroatoms. The SMILES string of the molecule is [2H]C(Oc1ccc([C@H]2C[C@@H]2c2ccc(C(=O)O)cc2)c(Cl)c1)c1c(-c2c(Cl)cccc2Cl)noc1C1CC1. The van der Waals surface area contributed by atoms with Gasteiger partial charge in [-0.15, -0.1) is 0 Å². The van der Waals surface area contributed by atoms with Crippen molar-refractivity contribution in [1.82, 2.24) is 5.16 Å². The molecule has 1 N–H and O–H groups in total. The third-order valence-corrected chi connectivity index (χ3v) is 7.92. The van der Waals surface area contributed by atoms with Crippen LogP contribution < -0.4 is 4.74 Å². The van der Waals surface area contributed by atoms with Crippen LogP contribution in [0.1, 0.15) is 71.2 Å². The minimum Gasteiger partial charge on any atom is -0.489 e. The van der Waals surface area contributed by atoms with Crippen molar-refractivity contribution in [2.75, 3.05) is 0 Å². The van der Waals surface area contributed by atoms with E-state index in [1.165, 1.54) is 0 Å². The first-order chi connectivity index (χ1) is 18.3. The van der Waals surface area contributed by atoms with E-state index in [2.05, 4.69) is 5.16 Å². The molecule has 5 nitrogen and oxygen atoms in total. The molecule has 0 radical (unpaired) electrons. The molecule has 4 aromatic rings. The Kier molecular flexibility index (Phi) is 6.08. The average molecular weight is 556 g/mol. The molecule has 0 spiro atoms. The van der Waals surface area contributed by atoms with Gasteiger partial charge in [-0.05, 0) is 78.6 Å². The molecular formula is C29H22Cl3NO4. The van der Waals surface area contributed by atoms with E-state index < -0.39 is 12.6 Å². The highest BCUT2D eigenvalue weighted by Gasteiger charge is 2.40. The Bertz CT molecular complexity index is 1510. The van der Waals surface area contributed by atoms with E-state index >= 15 is 0 Å². The summed E-state index contributed by atoms with van der Waals surface area (Å²) in [4.78, 5) is 11.1. The average Bonchev–Trinajstić information content (AvgIpc) is 3.82.